The first kappa shape index (κ1) is 35.7. The molecule has 1 N–H and O–H groups in total. The summed E-state index contributed by atoms with van der Waals surface area (Å²) in [6, 6.07) is 31.5. The van der Waals surface area contributed by atoms with Crippen LogP contribution >= 0.6 is 0 Å². The van der Waals surface area contributed by atoms with Crippen molar-refractivity contribution in [2.75, 3.05) is 18.0 Å². The highest BCUT2D eigenvalue weighted by molar-refractivity contribution is 7.92. The van der Waals surface area contributed by atoms with Gasteiger partial charge in [-0.15, -0.1) is 0 Å². The van der Waals surface area contributed by atoms with Crippen LogP contribution in [0.2, 0.25) is 0 Å². The Bertz CT molecular complexity index is 1770. The molecule has 1 aliphatic rings. The Labute approximate surface area is 291 Å². The zero-order valence-electron chi connectivity index (χ0n) is 28.6. The summed E-state index contributed by atoms with van der Waals surface area (Å²) in [5, 5.41) is 3.25. The maximum absolute atomic E-state index is 14.8. The molecule has 4 aromatic rings. The quantitative estimate of drug-likeness (QED) is 0.153. The minimum atomic E-state index is -4.16. The summed E-state index contributed by atoms with van der Waals surface area (Å²) in [4.78, 5) is 30.7. The van der Waals surface area contributed by atoms with Crippen LogP contribution in [0, 0.1) is 0 Å². The molecule has 1 saturated carbocycles. The third-order valence-corrected chi connectivity index (χ3v) is 11.0. The lowest BCUT2D eigenvalue weighted by molar-refractivity contribution is -0.140. The molecule has 0 aromatic heterocycles. The van der Waals surface area contributed by atoms with Crippen molar-refractivity contribution in [2.24, 2.45) is 0 Å². The number of hydrogen-bond acceptors (Lipinski definition) is 5. The predicted octanol–water partition coefficient (Wildman–Crippen LogP) is 7.10. The number of sulfonamides is 1. The van der Waals surface area contributed by atoms with Crippen LogP contribution in [0.4, 0.5) is 5.69 Å². The van der Waals surface area contributed by atoms with E-state index in [9.17, 15) is 18.0 Å². The van der Waals surface area contributed by atoms with Crippen LogP contribution in [0.5, 0.6) is 5.75 Å². The Kier molecular flexibility index (Phi) is 12.1. The highest BCUT2D eigenvalue weighted by Crippen LogP contribution is 2.28. The maximum atomic E-state index is 14.8. The largest absolute Gasteiger partial charge is 0.497 e. The van der Waals surface area contributed by atoms with Crippen molar-refractivity contribution in [2.45, 2.75) is 81.8 Å². The normalized spacial score (nSPS) is 14.2. The Morgan fingerprint density at radius 3 is 2.08 bits per heavy atom. The molecular formula is C40H47N3O5S. The van der Waals surface area contributed by atoms with Crippen molar-refractivity contribution >= 4 is 27.5 Å². The molecule has 9 heteroatoms. The highest BCUT2D eigenvalue weighted by Gasteiger charge is 2.35. The van der Waals surface area contributed by atoms with E-state index in [2.05, 4.69) is 19.2 Å². The molecule has 2 amide bonds. The second-order valence-electron chi connectivity index (χ2n) is 13.0. The van der Waals surface area contributed by atoms with E-state index in [4.69, 9.17) is 4.74 Å². The Balaban J connectivity index is 1.57. The summed E-state index contributed by atoms with van der Waals surface area (Å²) in [6.45, 7) is 3.72. The van der Waals surface area contributed by atoms with Gasteiger partial charge in [0.05, 0.1) is 17.7 Å². The molecule has 4 aromatic carbocycles. The van der Waals surface area contributed by atoms with Gasteiger partial charge in [0.2, 0.25) is 11.8 Å². The van der Waals surface area contributed by atoms with Gasteiger partial charge in [0.15, 0.2) is 0 Å². The molecule has 0 aliphatic heterocycles. The number of nitrogens with zero attached hydrogens (tertiary/aromatic N) is 2. The minimum absolute atomic E-state index is 0.0303. The SMILES string of the molecule is COc1cccc(CN(C(=O)CN(c2ccc(C(C)C)cc2)S(=O)(=O)c2ccccc2)[C@H](Cc2ccccc2)C(=O)NC2CCCCC2)c1. The number of anilines is 1. The molecule has 0 spiro atoms. The molecule has 0 unspecified atom stereocenters. The van der Waals surface area contributed by atoms with Gasteiger partial charge in [-0.2, -0.15) is 0 Å². The molecule has 0 heterocycles. The first-order chi connectivity index (χ1) is 23.7. The fraction of sp³-hybridized carbons (Fsp3) is 0.350. The number of amides is 2. The molecule has 5 rings (SSSR count). The van der Waals surface area contributed by atoms with E-state index < -0.39 is 28.5 Å². The van der Waals surface area contributed by atoms with Crippen molar-refractivity contribution in [3.63, 3.8) is 0 Å². The van der Waals surface area contributed by atoms with Crippen LogP contribution in [0.3, 0.4) is 0 Å². The molecule has 0 radical (unpaired) electrons. The lowest BCUT2D eigenvalue weighted by Crippen LogP contribution is -2.55. The van der Waals surface area contributed by atoms with Gasteiger partial charge in [0, 0.05) is 19.0 Å². The highest BCUT2D eigenvalue weighted by atomic mass is 32.2. The second-order valence-corrected chi connectivity index (χ2v) is 14.9. The fourth-order valence-electron chi connectivity index (χ4n) is 6.34. The van der Waals surface area contributed by atoms with E-state index >= 15 is 0 Å². The third kappa shape index (κ3) is 9.29. The molecule has 1 atom stereocenters. The topological polar surface area (TPSA) is 96.0 Å². The Morgan fingerprint density at radius 1 is 0.816 bits per heavy atom. The number of nitrogens with one attached hydrogen (secondary N) is 1. The number of carbonyl (C=O) groups is 2. The number of methoxy groups -OCH3 is 1. The summed E-state index contributed by atoms with van der Waals surface area (Å²) in [5.41, 5.74) is 3.08. The van der Waals surface area contributed by atoms with Crippen molar-refractivity contribution < 1.29 is 22.7 Å². The zero-order chi connectivity index (χ0) is 34.8. The van der Waals surface area contributed by atoms with Gasteiger partial charge in [0.25, 0.3) is 10.0 Å². The van der Waals surface area contributed by atoms with E-state index in [0.717, 1.165) is 53.1 Å². The fourth-order valence-corrected chi connectivity index (χ4v) is 7.77. The van der Waals surface area contributed by atoms with Crippen LogP contribution in [0.15, 0.2) is 114 Å². The van der Waals surface area contributed by atoms with Crippen LogP contribution in [-0.4, -0.2) is 50.9 Å². The zero-order valence-corrected chi connectivity index (χ0v) is 29.4. The molecular weight excluding hydrogens is 635 g/mol. The Hall–Kier alpha value is -4.63. The van der Waals surface area contributed by atoms with E-state index in [-0.39, 0.29) is 35.7 Å². The van der Waals surface area contributed by atoms with E-state index in [1.54, 1.807) is 37.4 Å². The predicted molar refractivity (Wildman–Crippen MR) is 194 cm³/mol. The first-order valence-electron chi connectivity index (χ1n) is 17.1. The third-order valence-electron chi connectivity index (χ3n) is 9.17. The molecule has 8 nitrogen and oxygen atoms in total. The smallest absolute Gasteiger partial charge is 0.264 e. The summed E-state index contributed by atoms with van der Waals surface area (Å²) in [5.74, 6) is 0.130. The van der Waals surface area contributed by atoms with E-state index in [0.29, 0.717) is 11.4 Å². The lowest BCUT2D eigenvalue weighted by Gasteiger charge is -2.35. The van der Waals surface area contributed by atoms with Crippen LogP contribution in [0.25, 0.3) is 0 Å². The summed E-state index contributed by atoms with van der Waals surface area (Å²) in [7, 11) is -2.58. The first-order valence-corrected chi connectivity index (χ1v) is 18.5. The van der Waals surface area contributed by atoms with Gasteiger partial charge < -0.3 is 15.0 Å². The van der Waals surface area contributed by atoms with Crippen molar-refractivity contribution in [3.05, 3.63) is 126 Å². The maximum Gasteiger partial charge on any atom is 0.264 e. The van der Waals surface area contributed by atoms with Crippen molar-refractivity contribution in [1.29, 1.82) is 0 Å². The summed E-state index contributed by atoms with van der Waals surface area (Å²) < 4.78 is 35.2. The van der Waals surface area contributed by atoms with E-state index in [1.165, 1.54) is 17.0 Å². The van der Waals surface area contributed by atoms with Gasteiger partial charge >= 0.3 is 0 Å². The number of ether oxygens (including phenoxy) is 1. The van der Waals surface area contributed by atoms with Crippen molar-refractivity contribution in [1.82, 2.24) is 10.2 Å². The minimum Gasteiger partial charge on any atom is -0.497 e. The second kappa shape index (κ2) is 16.7. The van der Waals surface area contributed by atoms with Crippen molar-refractivity contribution in [3.8, 4) is 5.75 Å². The van der Waals surface area contributed by atoms with Crippen LogP contribution in [0.1, 0.15) is 68.6 Å². The van der Waals surface area contributed by atoms with Gasteiger partial charge in [-0.1, -0.05) is 106 Å². The molecule has 0 bridgehead atoms. The van der Waals surface area contributed by atoms with E-state index in [1.807, 2.05) is 66.7 Å². The molecule has 1 aliphatic carbocycles. The molecule has 0 saturated heterocycles. The lowest BCUT2D eigenvalue weighted by atomic mass is 9.94. The van der Waals surface area contributed by atoms with Gasteiger partial charge in [-0.25, -0.2) is 8.42 Å². The standard InChI is InChI=1S/C40H47N3O5S/c1-30(2)33-22-24-35(25-23-33)43(49(46,47)37-20-11-6-12-21-37)29-39(44)42(28-32-16-13-19-36(26-32)48-3)38(27-31-14-7-4-8-15-31)40(45)41-34-17-9-5-10-18-34/h4,6-8,11-16,19-26,30,34,38H,5,9-10,17-18,27-29H2,1-3H3,(H,41,45)/t38-/m1/s1. The number of hydrogen-bond donors (Lipinski definition) is 1. The molecule has 258 valence electrons. The average molecular weight is 682 g/mol. The average Bonchev–Trinajstić information content (AvgIpc) is 3.13. The summed E-state index contributed by atoms with van der Waals surface area (Å²) >= 11 is 0. The number of carbonyl (C=O) groups excluding carboxylic acids is 2. The van der Waals surface area contributed by atoms with Gasteiger partial charge in [0.1, 0.15) is 18.3 Å². The molecule has 1 fully saturated rings. The van der Waals surface area contributed by atoms with Gasteiger partial charge in [-0.05, 0) is 71.8 Å². The van der Waals surface area contributed by atoms with Gasteiger partial charge in [-0.3, -0.25) is 13.9 Å². The Morgan fingerprint density at radius 2 is 1.45 bits per heavy atom. The summed E-state index contributed by atoms with van der Waals surface area (Å²) in [6.07, 6.45) is 5.28. The van der Waals surface area contributed by atoms with Crippen LogP contribution in [-0.2, 0) is 32.6 Å². The van der Waals surface area contributed by atoms with Crippen LogP contribution < -0.4 is 14.4 Å². The number of rotatable bonds is 14. The number of benzene rings is 4. The molecule has 49 heavy (non-hydrogen) atoms. The monoisotopic (exact) mass is 681 g/mol.